The molecule has 234 valence electrons. The number of benzene rings is 3. The molecule has 5 nitrogen and oxygen atoms in total. The van der Waals surface area contributed by atoms with Crippen molar-refractivity contribution in [1.82, 2.24) is 9.80 Å². The summed E-state index contributed by atoms with van der Waals surface area (Å²) < 4.78 is 42.1. The summed E-state index contributed by atoms with van der Waals surface area (Å²) in [6.45, 7) is 9.46. The van der Waals surface area contributed by atoms with E-state index in [9.17, 15) is 18.4 Å². The van der Waals surface area contributed by atoms with Crippen molar-refractivity contribution in [3.8, 4) is 0 Å². The number of piperidine rings is 1. The number of nitrogens with one attached hydrogen (secondary N) is 1. The van der Waals surface area contributed by atoms with Gasteiger partial charge in [-0.2, -0.15) is 0 Å². The van der Waals surface area contributed by atoms with Crippen LogP contribution in [0.25, 0.3) is 0 Å². The highest BCUT2D eigenvalue weighted by atomic mass is 19.3. The van der Waals surface area contributed by atoms with E-state index in [4.69, 9.17) is 0 Å². The van der Waals surface area contributed by atoms with E-state index in [2.05, 4.69) is 26.1 Å². The molecule has 2 heterocycles. The van der Waals surface area contributed by atoms with E-state index in [0.29, 0.717) is 50.1 Å². The van der Waals surface area contributed by atoms with E-state index >= 15 is 4.39 Å². The van der Waals surface area contributed by atoms with Crippen LogP contribution in [0.1, 0.15) is 85.1 Å². The molecule has 3 atom stereocenters. The molecule has 2 aliphatic heterocycles. The molecular weight excluding hydrogens is 563 g/mol. The molecule has 0 aliphatic carbocycles. The maximum atomic E-state index is 15.0. The Morgan fingerprint density at radius 2 is 1.66 bits per heavy atom. The number of halogens is 3. The number of amides is 2. The molecule has 2 aliphatic rings. The van der Waals surface area contributed by atoms with Gasteiger partial charge in [-0.1, -0.05) is 69.3 Å². The zero-order chi connectivity index (χ0) is 31.6. The Labute approximate surface area is 258 Å². The Hall–Kier alpha value is -3.65. The molecule has 8 heteroatoms. The first kappa shape index (κ1) is 31.8. The maximum Gasteiger partial charge on any atom is 0.257 e. The topological polar surface area (TPSA) is 52.7 Å². The number of rotatable bonds is 7. The van der Waals surface area contributed by atoms with Crippen LogP contribution in [0.3, 0.4) is 0 Å². The average molecular weight is 606 g/mol. The van der Waals surface area contributed by atoms with Gasteiger partial charge in [0.2, 0.25) is 5.91 Å². The molecule has 5 rings (SSSR count). The SMILES string of the molecule is Cc1cccc(F)c1C(=O)N1CCCC(C(=O)Nc2cccc(C(C)(C)C)c2)C1c1ccc(CN2CCC[C@H]2C(F)F)cc1. The van der Waals surface area contributed by atoms with E-state index < -0.39 is 36.2 Å². The molecule has 2 amide bonds. The van der Waals surface area contributed by atoms with Crippen LogP contribution in [0.5, 0.6) is 0 Å². The quantitative estimate of drug-likeness (QED) is 0.298. The van der Waals surface area contributed by atoms with Crippen molar-refractivity contribution in [3.63, 3.8) is 0 Å². The summed E-state index contributed by atoms with van der Waals surface area (Å²) >= 11 is 0. The van der Waals surface area contributed by atoms with Gasteiger partial charge in [-0.15, -0.1) is 0 Å². The molecule has 44 heavy (non-hydrogen) atoms. The highest BCUT2D eigenvalue weighted by Crippen LogP contribution is 2.39. The molecular formula is C36H42F3N3O2. The Morgan fingerprint density at radius 1 is 0.955 bits per heavy atom. The van der Waals surface area contributed by atoms with Gasteiger partial charge in [0.05, 0.1) is 23.6 Å². The van der Waals surface area contributed by atoms with Crippen molar-refractivity contribution in [2.45, 2.75) is 83.8 Å². The summed E-state index contributed by atoms with van der Waals surface area (Å²) in [5.74, 6) is -1.82. The van der Waals surface area contributed by atoms with Gasteiger partial charge in [0.1, 0.15) is 5.82 Å². The minimum atomic E-state index is -2.39. The minimum Gasteiger partial charge on any atom is -0.331 e. The third kappa shape index (κ3) is 6.85. The van der Waals surface area contributed by atoms with Crippen molar-refractivity contribution in [3.05, 3.63) is 100 Å². The second-order valence-corrected chi connectivity index (χ2v) is 13.2. The predicted molar refractivity (Wildman–Crippen MR) is 167 cm³/mol. The summed E-state index contributed by atoms with van der Waals surface area (Å²) in [5.41, 5.74) is 3.87. The van der Waals surface area contributed by atoms with Crippen LogP contribution in [0.2, 0.25) is 0 Å². The Morgan fingerprint density at radius 3 is 2.34 bits per heavy atom. The average Bonchev–Trinajstić information content (AvgIpc) is 3.45. The van der Waals surface area contributed by atoms with Crippen LogP contribution in [0.15, 0.2) is 66.7 Å². The van der Waals surface area contributed by atoms with Gasteiger partial charge in [-0.3, -0.25) is 14.5 Å². The van der Waals surface area contributed by atoms with Gasteiger partial charge in [-0.25, -0.2) is 13.2 Å². The number of aryl methyl sites for hydroxylation is 1. The van der Waals surface area contributed by atoms with Gasteiger partial charge in [0.25, 0.3) is 12.3 Å². The number of hydrogen-bond acceptors (Lipinski definition) is 3. The lowest BCUT2D eigenvalue weighted by molar-refractivity contribution is -0.123. The van der Waals surface area contributed by atoms with Gasteiger partial charge in [-0.05, 0) is 85.0 Å². The summed E-state index contributed by atoms with van der Waals surface area (Å²) in [6.07, 6.45) is -0.000493. The molecule has 0 aromatic heterocycles. The fourth-order valence-electron chi connectivity index (χ4n) is 6.64. The van der Waals surface area contributed by atoms with Gasteiger partial charge < -0.3 is 10.2 Å². The Bertz CT molecular complexity index is 1460. The van der Waals surface area contributed by atoms with Crippen LogP contribution in [-0.2, 0) is 16.8 Å². The molecule has 3 aromatic carbocycles. The van der Waals surface area contributed by atoms with Crippen molar-refractivity contribution in [2.24, 2.45) is 5.92 Å². The number of nitrogens with zero attached hydrogens (tertiary/aromatic N) is 2. The number of carbonyl (C=O) groups is 2. The van der Waals surface area contributed by atoms with E-state index in [-0.39, 0.29) is 16.9 Å². The summed E-state index contributed by atoms with van der Waals surface area (Å²) in [4.78, 5) is 31.4. The van der Waals surface area contributed by atoms with E-state index in [0.717, 1.165) is 23.1 Å². The second-order valence-electron chi connectivity index (χ2n) is 13.2. The molecule has 2 unspecified atom stereocenters. The van der Waals surface area contributed by atoms with Crippen LogP contribution in [0.4, 0.5) is 18.9 Å². The first-order valence-corrected chi connectivity index (χ1v) is 15.5. The summed E-state index contributed by atoms with van der Waals surface area (Å²) in [5, 5.41) is 3.09. The van der Waals surface area contributed by atoms with Crippen LogP contribution >= 0.6 is 0 Å². The molecule has 0 spiro atoms. The fraction of sp³-hybridized carbons (Fsp3) is 0.444. The van der Waals surface area contributed by atoms with Crippen molar-refractivity contribution < 1.29 is 22.8 Å². The smallest absolute Gasteiger partial charge is 0.257 e. The van der Waals surface area contributed by atoms with Crippen molar-refractivity contribution in [1.29, 1.82) is 0 Å². The Balaban J connectivity index is 1.46. The first-order valence-electron chi connectivity index (χ1n) is 15.5. The third-order valence-corrected chi connectivity index (χ3v) is 9.07. The normalized spacial score (nSPS) is 21.1. The molecule has 2 saturated heterocycles. The fourth-order valence-corrected chi connectivity index (χ4v) is 6.64. The Kier molecular flexibility index (Phi) is 9.49. The molecule has 3 aromatic rings. The highest BCUT2D eigenvalue weighted by Gasteiger charge is 2.41. The van der Waals surface area contributed by atoms with Gasteiger partial charge in [0, 0.05) is 18.8 Å². The van der Waals surface area contributed by atoms with E-state index in [1.54, 1.807) is 24.0 Å². The highest BCUT2D eigenvalue weighted by molar-refractivity contribution is 5.98. The minimum absolute atomic E-state index is 0.0140. The summed E-state index contributed by atoms with van der Waals surface area (Å²) in [7, 11) is 0. The van der Waals surface area contributed by atoms with E-state index in [1.807, 2.05) is 53.4 Å². The summed E-state index contributed by atoms with van der Waals surface area (Å²) in [6, 6.07) is 18.5. The van der Waals surface area contributed by atoms with Gasteiger partial charge in [0.15, 0.2) is 0 Å². The van der Waals surface area contributed by atoms with Crippen molar-refractivity contribution in [2.75, 3.05) is 18.4 Å². The van der Waals surface area contributed by atoms with Gasteiger partial charge >= 0.3 is 0 Å². The number of anilines is 1. The number of alkyl halides is 2. The standard InChI is InChI=1S/C36H42F3N3O2/c1-23-9-5-13-29(37)31(23)35(44)42-20-7-12-28(34(43)40-27-11-6-10-26(21-27)36(2,3)4)32(42)25-17-15-24(16-18-25)22-41-19-8-14-30(41)33(38)39/h5-6,9-11,13,15-18,21,28,30,32-33H,7-8,12,14,19-20,22H2,1-4H3,(H,40,43)/t28?,30-,32?/m0/s1. The zero-order valence-electron chi connectivity index (χ0n) is 26.0. The van der Waals surface area contributed by atoms with Crippen molar-refractivity contribution >= 4 is 17.5 Å². The lowest BCUT2D eigenvalue weighted by Gasteiger charge is -2.41. The lowest BCUT2D eigenvalue weighted by atomic mass is 9.82. The number of hydrogen-bond donors (Lipinski definition) is 1. The molecule has 0 bridgehead atoms. The van der Waals surface area contributed by atoms with E-state index in [1.165, 1.54) is 6.07 Å². The second kappa shape index (κ2) is 13.1. The third-order valence-electron chi connectivity index (χ3n) is 9.07. The number of likely N-dealkylation sites (tertiary alicyclic amines) is 2. The maximum absolute atomic E-state index is 15.0. The number of carbonyl (C=O) groups excluding carboxylic acids is 2. The molecule has 0 radical (unpaired) electrons. The molecule has 2 fully saturated rings. The zero-order valence-corrected chi connectivity index (χ0v) is 26.0. The van der Waals surface area contributed by atoms with Crippen LogP contribution in [0, 0.1) is 18.7 Å². The lowest BCUT2D eigenvalue weighted by Crippen LogP contribution is -2.46. The first-order chi connectivity index (χ1) is 20.9. The predicted octanol–water partition coefficient (Wildman–Crippen LogP) is 7.89. The molecule has 0 saturated carbocycles. The van der Waals surface area contributed by atoms with Crippen LogP contribution in [-0.4, -0.2) is 47.2 Å². The van der Waals surface area contributed by atoms with Crippen LogP contribution < -0.4 is 5.32 Å². The molecule has 1 N–H and O–H groups in total. The largest absolute Gasteiger partial charge is 0.331 e. The monoisotopic (exact) mass is 605 g/mol.